The van der Waals surface area contributed by atoms with Crippen molar-refractivity contribution in [3.05, 3.63) is 108 Å². The molecule has 0 unspecified atom stereocenters. The maximum absolute atomic E-state index is 12.0. The van der Waals surface area contributed by atoms with Gasteiger partial charge in [0.2, 0.25) is 28.6 Å². The van der Waals surface area contributed by atoms with Gasteiger partial charge in [0.1, 0.15) is 23.3 Å². The lowest BCUT2D eigenvalue weighted by Gasteiger charge is -2.10. The lowest BCUT2D eigenvalue weighted by atomic mass is 10.2. The maximum Gasteiger partial charge on any atom is 0.248 e. The van der Waals surface area contributed by atoms with Crippen LogP contribution in [-0.2, 0) is 9.84 Å². The molecule has 4 aromatic heterocycles. The molecule has 0 spiro atoms. The fraction of sp³-hybridized carbons (Fsp3) is 0.150. The first-order valence-electron chi connectivity index (χ1n) is 17.3. The summed E-state index contributed by atoms with van der Waals surface area (Å²) in [6.45, 7) is 4.48. The zero-order valence-corrected chi connectivity index (χ0v) is 32.1. The van der Waals surface area contributed by atoms with Crippen LogP contribution >= 0.6 is 11.8 Å². The van der Waals surface area contributed by atoms with Crippen LogP contribution in [0.4, 0.5) is 0 Å². The number of aryl methyl sites for hydroxylation is 2. The van der Waals surface area contributed by atoms with Crippen molar-refractivity contribution in [2.24, 2.45) is 0 Å². The first-order valence-corrected chi connectivity index (χ1v) is 20.4. The lowest BCUT2D eigenvalue weighted by Crippen LogP contribution is -2.08. The Morgan fingerprint density at radius 2 is 1.09 bits per heavy atom. The number of hydrogen-bond acceptors (Lipinski definition) is 13. The van der Waals surface area contributed by atoms with E-state index in [4.69, 9.17) is 33.9 Å². The van der Waals surface area contributed by atoms with Gasteiger partial charge in [-0.15, -0.1) is 0 Å². The molecular weight excluding hydrogens is 753 g/mol. The van der Waals surface area contributed by atoms with Crippen molar-refractivity contribution in [1.82, 2.24) is 39.0 Å². The Hall–Kier alpha value is -6.52. The first kappa shape index (κ1) is 35.2. The summed E-state index contributed by atoms with van der Waals surface area (Å²) in [7, 11) is -3.56. The van der Waals surface area contributed by atoms with Gasteiger partial charge in [-0.25, -0.2) is 38.3 Å². The summed E-state index contributed by atoms with van der Waals surface area (Å²) < 4.78 is 49.7. The molecule has 4 aromatic carbocycles. The molecule has 2 aliphatic heterocycles. The van der Waals surface area contributed by atoms with Gasteiger partial charge in [0.05, 0.1) is 22.1 Å². The molecule has 0 fully saturated rings. The summed E-state index contributed by atoms with van der Waals surface area (Å²) in [5, 5.41) is 0.486. The molecule has 16 heteroatoms. The van der Waals surface area contributed by atoms with Gasteiger partial charge in [0.25, 0.3) is 0 Å². The van der Waals surface area contributed by atoms with E-state index < -0.39 is 9.84 Å². The Bertz CT molecular complexity index is 2950. The minimum absolute atomic E-state index is 0.179. The van der Waals surface area contributed by atoms with E-state index >= 15 is 0 Å². The molecule has 2 aliphatic rings. The number of ether oxygens (including phenoxy) is 4. The molecule has 10 rings (SSSR count). The number of hydrogen-bond donors (Lipinski definition) is 0. The summed E-state index contributed by atoms with van der Waals surface area (Å²) in [6.07, 6.45) is 6.26. The van der Waals surface area contributed by atoms with Crippen LogP contribution in [0.2, 0.25) is 0 Å². The molecule has 0 N–H and O–H groups in total. The first-order chi connectivity index (χ1) is 27.1. The molecule has 0 saturated carbocycles. The second-order valence-corrected chi connectivity index (χ2v) is 15.7. The Morgan fingerprint density at radius 3 is 1.61 bits per heavy atom. The minimum atomic E-state index is -3.56. The summed E-state index contributed by atoms with van der Waals surface area (Å²) in [5.41, 5.74) is 7.46. The number of imidazole rings is 2. The Balaban J connectivity index is 0.000000147. The third kappa shape index (κ3) is 6.51. The average Bonchev–Trinajstić information content (AvgIpc) is 4.02. The van der Waals surface area contributed by atoms with Crippen molar-refractivity contribution in [2.75, 3.05) is 26.1 Å². The van der Waals surface area contributed by atoms with Crippen LogP contribution in [0.25, 0.3) is 56.5 Å². The normalized spacial score (nSPS) is 12.9. The van der Waals surface area contributed by atoms with Crippen LogP contribution < -0.4 is 18.9 Å². The maximum atomic E-state index is 12.0. The quantitative estimate of drug-likeness (QED) is 0.124. The molecule has 0 bridgehead atoms. The van der Waals surface area contributed by atoms with E-state index in [0.717, 1.165) is 73.3 Å². The van der Waals surface area contributed by atoms with E-state index in [0.29, 0.717) is 23.1 Å². The SMILES string of the molecule is CSc1nccc(-n2c(-c3ccc4c(c3)OCO4)nc3ccc(C)cc32)n1.Cc1ccc2nc(-c3ccc4c(c3)OCO4)n(-c3ccnc(S(C)(=O)=O)n3)c2c1. The lowest BCUT2D eigenvalue weighted by molar-refractivity contribution is 0.173. The molecule has 0 aliphatic carbocycles. The summed E-state index contributed by atoms with van der Waals surface area (Å²) in [6, 6.07) is 27.1. The monoisotopic (exact) mass is 784 g/mol. The predicted molar refractivity (Wildman–Crippen MR) is 211 cm³/mol. The third-order valence-electron chi connectivity index (χ3n) is 9.09. The largest absolute Gasteiger partial charge is 0.454 e. The van der Waals surface area contributed by atoms with Crippen molar-refractivity contribution in [3.63, 3.8) is 0 Å². The Kier molecular flexibility index (Phi) is 8.77. The zero-order chi connectivity index (χ0) is 38.6. The second-order valence-electron chi connectivity index (χ2n) is 13.0. The topological polar surface area (TPSA) is 158 Å². The summed E-state index contributed by atoms with van der Waals surface area (Å²) in [5.74, 6) is 5.42. The van der Waals surface area contributed by atoms with Gasteiger partial charge in [-0.2, -0.15) is 0 Å². The van der Waals surface area contributed by atoms with Crippen LogP contribution in [0.1, 0.15) is 11.1 Å². The van der Waals surface area contributed by atoms with Crippen molar-refractivity contribution < 1.29 is 27.4 Å². The molecule has 6 heterocycles. The molecule has 56 heavy (non-hydrogen) atoms. The number of sulfone groups is 1. The minimum Gasteiger partial charge on any atom is -0.454 e. The van der Waals surface area contributed by atoms with Gasteiger partial charge in [-0.05, 0) is 104 Å². The molecule has 280 valence electrons. The van der Waals surface area contributed by atoms with Gasteiger partial charge in [0.15, 0.2) is 28.2 Å². The standard InChI is InChI=1S/C20H16N4O4S.C20H16N4O2S/c1-12-3-5-14-15(9-12)24(18-7-8-21-20(23-18)29(2,25)26)19(22-14)13-4-6-16-17(10-13)28-11-27-16;1-12-3-5-14-15(9-12)24(18-7-8-21-20(23-18)27-2)19(22-14)13-4-6-16-17(10-13)26-11-25-16/h3-10H,11H2,1-2H3;3-10H,11H2,1-2H3. The van der Waals surface area contributed by atoms with Crippen molar-refractivity contribution in [2.45, 2.75) is 24.2 Å². The second kappa shape index (κ2) is 14.0. The molecule has 0 saturated heterocycles. The van der Waals surface area contributed by atoms with E-state index in [1.54, 1.807) is 12.3 Å². The van der Waals surface area contributed by atoms with Crippen molar-refractivity contribution >= 4 is 43.7 Å². The summed E-state index contributed by atoms with van der Waals surface area (Å²) in [4.78, 5) is 26.8. The third-order valence-corrected chi connectivity index (χ3v) is 10.5. The highest BCUT2D eigenvalue weighted by Crippen LogP contribution is 2.39. The van der Waals surface area contributed by atoms with Gasteiger partial charge in [-0.3, -0.25) is 9.13 Å². The van der Waals surface area contributed by atoms with Crippen LogP contribution in [-0.4, -0.2) is 73.6 Å². The highest BCUT2D eigenvalue weighted by atomic mass is 32.2. The molecule has 0 amide bonds. The predicted octanol–water partition coefficient (Wildman–Crippen LogP) is 7.16. The number of rotatable bonds is 6. The van der Waals surface area contributed by atoms with Crippen molar-refractivity contribution in [3.8, 4) is 57.4 Å². The van der Waals surface area contributed by atoms with E-state index in [1.165, 1.54) is 23.5 Å². The van der Waals surface area contributed by atoms with Gasteiger partial charge >= 0.3 is 0 Å². The van der Waals surface area contributed by atoms with Crippen LogP contribution in [0.3, 0.4) is 0 Å². The van der Waals surface area contributed by atoms with E-state index in [2.05, 4.69) is 38.6 Å². The zero-order valence-electron chi connectivity index (χ0n) is 30.5. The fourth-order valence-electron chi connectivity index (χ4n) is 6.48. The van der Waals surface area contributed by atoms with E-state index in [-0.39, 0.29) is 18.7 Å². The van der Waals surface area contributed by atoms with Gasteiger partial charge < -0.3 is 18.9 Å². The smallest absolute Gasteiger partial charge is 0.248 e. The van der Waals surface area contributed by atoms with E-state index in [9.17, 15) is 8.42 Å². The van der Waals surface area contributed by atoms with Crippen LogP contribution in [0.15, 0.2) is 108 Å². The number of nitrogens with zero attached hydrogens (tertiary/aromatic N) is 8. The van der Waals surface area contributed by atoms with Crippen LogP contribution in [0.5, 0.6) is 23.0 Å². The van der Waals surface area contributed by atoms with Gasteiger partial charge in [-0.1, -0.05) is 23.9 Å². The number of aromatic nitrogens is 8. The highest BCUT2D eigenvalue weighted by molar-refractivity contribution is 7.98. The molecular formula is C40H32N8O6S2. The molecule has 0 atom stereocenters. The number of fused-ring (bicyclic) bond motifs is 4. The molecule has 0 radical (unpaired) electrons. The number of benzene rings is 4. The average molecular weight is 785 g/mol. The fourth-order valence-corrected chi connectivity index (χ4v) is 7.35. The Labute approximate surface area is 325 Å². The summed E-state index contributed by atoms with van der Waals surface area (Å²) >= 11 is 1.51. The molecule has 14 nitrogen and oxygen atoms in total. The highest BCUT2D eigenvalue weighted by Gasteiger charge is 2.22. The number of thioether (sulfide) groups is 1. The van der Waals surface area contributed by atoms with Crippen molar-refractivity contribution in [1.29, 1.82) is 0 Å². The van der Waals surface area contributed by atoms with Crippen LogP contribution in [0, 0.1) is 13.8 Å². The Morgan fingerprint density at radius 1 is 0.589 bits per heavy atom. The van der Waals surface area contributed by atoms with E-state index in [1.807, 2.05) is 84.5 Å². The van der Waals surface area contributed by atoms with Gasteiger partial charge in [0, 0.05) is 29.8 Å². The molecule has 8 aromatic rings.